The molecular formula is C20H31FN2O3S. The van der Waals surface area contributed by atoms with Gasteiger partial charge in [0.15, 0.2) is 0 Å². The Morgan fingerprint density at radius 3 is 2.48 bits per heavy atom. The van der Waals surface area contributed by atoms with Gasteiger partial charge in [0, 0.05) is 19.6 Å². The lowest BCUT2D eigenvalue weighted by Gasteiger charge is -2.34. The van der Waals surface area contributed by atoms with E-state index in [2.05, 4.69) is 12.2 Å². The number of halogens is 1. The summed E-state index contributed by atoms with van der Waals surface area (Å²) in [7, 11) is -3.75. The summed E-state index contributed by atoms with van der Waals surface area (Å²) in [6.07, 6.45) is 4.99. The van der Waals surface area contributed by atoms with Crippen LogP contribution in [0.25, 0.3) is 0 Å². The van der Waals surface area contributed by atoms with Crippen molar-refractivity contribution >= 4 is 15.9 Å². The molecule has 1 aromatic rings. The van der Waals surface area contributed by atoms with E-state index in [0.29, 0.717) is 19.6 Å². The zero-order valence-electron chi connectivity index (χ0n) is 16.5. The van der Waals surface area contributed by atoms with Gasteiger partial charge in [-0.3, -0.25) is 4.79 Å². The number of unbranched alkanes of at least 4 members (excludes halogenated alkanes) is 3. The molecule has 0 spiro atoms. The number of nitrogens with one attached hydrogen (secondary N) is 1. The summed E-state index contributed by atoms with van der Waals surface area (Å²) in [4.78, 5) is 12.3. The average molecular weight is 399 g/mol. The number of hydrogen-bond acceptors (Lipinski definition) is 3. The van der Waals surface area contributed by atoms with Gasteiger partial charge in [0.05, 0.1) is 10.5 Å². The number of hydrogen-bond donors (Lipinski definition) is 1. The number of rotatable bonds is 8. The summed E-state index contributed by atoms with van der Waals surface area (Å²) in [5, 5.41) is 2.68. The Morgan fingerprint density at radius 2 is 1.85 bits per heavy atom. The lowest BCUT2D eigenvalue weighted by molar-refractivity contribution is 0.0948. The lowest BCUT2D eigenvalue weighted by Crippen LogP contribution is -2.42. The van der Waals surface area contributed by atoms with Crippen molar-refractivity contribution in [3.05, 3.63) is 29.6 Å². The molecule has 2 atom stereocenters. The van der Waals surface area contributed by atoms with Crippen LogP contribution in [0.15, 0.2) is 23.1 Å². The van der Waals surface area contributed by atoms with Crippen LogP contribution in [-0.2, 0) is 10.0 Å². The van der Waals surface area contributed by atoms with Gasteiger partial charge < -0.3 is 5.32 Å². The number of amides is 1. The maximum atomic E-state index is 14.1. The molecule has 1 N–H and O–H groups in total. The Kier molecular flexibility index (Phi) is 7.79. The molecule has 1 fully saturated rings. The van der Waals surface area contributed by atoms with E-state index in [9.17, 15) is 17.6 Å². The number of carbonyl (C=O) groups excluding carboxylic acids is 1. The minimum absolute atomic E-state index is 0.0265. The fourth-order valence-electron chi connectivity index (χ4n) is 3.64. The molecule has 1 aliphatic rings. The number of carbonyl (C=O) groups is 1. The normalized spacial score (nSPS) is 21.2. The predicted octanol–water partition coefficient (Wildman–Crippen LogP) is 3.80. The molecule has 0 saturated carbocycles. The first kappa shape index (κ1) is 21.8. The first-order valence-electron chi connectivity index (χ1n) is 9.83. The summed E-state index contributed by atoms with van der Waals surface area (Å²) >= 11 is 0. The number of nitrogens with zero attached hydrogens (tertiary/aromatic N) is 1. The van der Waals surface area contributed by atoms with E-state index in [0.717, 1.165) is 44.2 Å². The second-order valence-corrected chi connectivity index (χ2v) is 9.66. The molecule has 2 rings (SSSR count). The molecule has 2 unspecified atom stereocenters. The van der Waals surface area contributed by atoms with Gasteiger partial charge >= 0.3 is 0 Å². The van der Waals surface area contributed by atoms with Crippen LogP contribution in [0, 0.1) is 17.7 Å². The third-order valence-electron chi connectivity index (χ3n) is 4.97. The van der Waals surface area contributed by atoms with Crippen molar-refractivity contribution in [1.29, 1.82) is 0 Å². The molecule has 1 aromatic carbocycles. The molecule has 1 heterocycles. The maximum Gasteiger partial charge on any atom is 0.254 e. The number of piperidine rings is 1. The van der Waals surface area contributed by atoms with Crippen LogP contribution < -0.4 is 5.32 Å². The molecule has 1 saturated heterocycles. The number of benzene rings is 1. The Morgan fingerprint density at radius 1 is 1.19 bits per heavy atom. The summed E-state index contributed by atoms with van der Waals surface area (Å²) in [5.74, 6) is -0.730. The standard InChI is InChI=1S/C20H31FN2O3S/c1-4-5-6-7-10-22-20(24)18-12-17(8-9-19(18)21)27(25,26)23-13-15(2)11-16(3)14-23/h8-9,12,15-16H,4-7,10-11,13-14H2,1-3H3,(H,22,24). The van der Waals surface area contributed by atoms with Crippen molar-refractivity contribution in [2.45, 2.75) is 57.8 Å². The van der Waals surface area contributed by atoms with E-state index >= 15 is 0 Å². The molecule has 7 heteroatoms. The zero-order valence-corrected chi connectivity index (χ0v) is 17.3. The molecule has 0 bridgehead atoms. The van der Waals surface area contributed by atoms with Gasteiger partial charge in [0.2, 0.25) is 10.0 Å². The molecule has 5 nitrogen and oxygen atoms in total. The molecular weight excluding hydrogens is 367 g/mol. The molecule has 1 amide bonds. The third kappa shape index (κ3) is 5.75. The van der Waals surface area contributed by atoms with Gasteiger partial charge in [0.25, 0.3) is 5.91 Å². The molecule has 1 aliphatic heterocycles. The van der Waals surface area contributed by atoms with Crippen LogP contribution in [0.4, 0.5) is 4.39 Å². The Bertz CT molecular complexity index is 742. The summed E-state index contributed by atoms with van der Waals surface area (Å²) in [6.45, 7) is 7.51. The van der Waals surface area contributed by atoms with Crippen molar-refractivity contribution < 1.29 is 17.6 Å². The van der Waals surface area contributed by atoms with Crippen molar-refractivity contribution in [1.82, 2.24) is 9.62 Å². The highest BCUT2D eigenvalue weighted by atomic mass is 32.2. The molecule has 0 radical (unpaired) electrons. The molecule has 27 heavy (non-hydrogen) atoms. The topological polar surface area (TPSA) is 66.5 Å². The van der Waals surface area contributed by atoms with Crippen molar-refractivity contribution in [2.24, 2.45) is 11.8 Å². The van der Waals surface area contributed by atoms with Crippen LogP contribution in [0.5, 0.6) is 0 Å². The van der Waals surface area contributed by atoms with E-state index in [-0.39, 0.29) is 22.3 Å². The van der Waals surface area contributed by atoms with E-state index in [1.54, 1.807) is 0 Å². The largest absolute Gasteiger partial charge is 0.352 e. The van der Waals surface area contributed by atoms with Crippen LogP contribution in [0.2, 0.25) is 0 Å². The van der Waals surface area contributed by atoms with Crippen LogP contribution >= 0.6 is 0 Å². The summed E-state index contributed by atoms with van der Waals surface area (Å²) in [6, 6.07) is 3.47. The average Bonchev–Trinajstić information content (AvgIpc) is 2.60. The van der Waals surface area contributed by atoms with Gasteiger partial charge in [0.1, 0.15) is 5.82 Å². The number of sulfonamides is 1. The highest BCUT2D eigenvalue weighted by Gasteiger charge is 2.32. The Hall–Kier alpha value is -1.47. The van der Waals surface area contributed by atoms with Gasteiger partial charge in [-0.1, -0.05) is 40.0 Å². The minimum Gasteiger partial charge on any atom is -0.352 e. The van der Waals surface area contributed by atoms with Crippen molar-refractivity contribution in [3.63, 3.8) is 0 Å². The highest BCUT2D eigenvalue weighted by molar-refractivity contribution is 7.89. The minimum atomic E-state index is -3.75. The Labute approximate surface area is 162 Å². The monoisotopic (exact) mass is 398 g/mol. The smallest absolute Gasteiger partial charge is 0.254 e. The quantitative estimate of drug-likeness (QED) is 0.677. The van der Waals surface area contributed by atoms with Gasteiger partial charge in [-0.15, -0.1) is 0 Å². The van der Waals surface area contributed by atoms with E-state index in [4.69, 9.17) is 0 Å². The third-order valence-corrected chi connectivity index (χ3v) is 6.80. The van der Waals surface area contributed by atoms with Crippen LogP contribution in [-0.4, -0.2) is 38.3 Å². The van der Waals surface area contributed by atoms with Crippen molar-refractivity contribution in [3.8, 4) is 0 Å². The van der Waals surface area contributed by atoms with Crippen LogP contribution in [0.1, 0.15) is 63.2 Å². The van der Waals surface area contributed by atoms with Gasteiger partial charge in [-0.05, 0) is 42.9 Å². The maximum absolute atomic E-state index is 14.1. The fourth-order valence-corrected chi connectivity index (χ4v) is 5.35. The second-order valence-electron chi connectivity index (χ2n) is 7.73. The van der Waals surface area contributed by atoms with E-state index in [1.165, 1.54) is 10.4 Å². The highest BCUT2D eigenvalue weighted by Crippen LogP contribution is 2.27. The lowest BCUT2D eigenvalue weighted by atomic mass is 9.94. The SMILES string of the molecule is CCCCCCNC(=O)c1cc(S(=O)(=O)N2CC(C)CC(C)C2)ccc1F. The molecule has 0 aliphatic carbocycles. The zero-order chi connectivity index (χ0) is 20.0. The summed E-state index contributed by atoms with van der Waals surface area (Å²) < 4.78 is 41.5. The first-order valence-corrected chi connectivity index (χ1v) is 11.3. The molecule has 152 valence electrons. The van der Waals surface area contributed by atoms with Gasteiger partial charge in [-0.2, -0.15) is 4.31 Å². The van der Waals surface area contributed by atoms with E-state index in [1.807, 2.05) is 13.8 Å². The Balaban J connectivity index is 2.14. The fraction of sp³-hybridized carbons (Fsp3) is 0.650. The molecule has 0 aromatic heterocycles. The van der Waals surface area contributed by atoms with E-state index < -0.39 is 21.7 Å². The first-order chi connectivity index (χ1) is 12.8. The summed E-state index contributed by atoms with van der Waals surface area (Å²) in [5.41, 5.74) is -0.218. The van der Waals surface area contributed by atoms with Gasteiger partial charge in [-0.25, -0.2) is 12.8 Å². The van der Waals surface area contributed by atoms with Crippen LogP contribution in [0.3, 0.4) is 0 Å². The van der Waals surface area contributed by atoms with Crippen molar-refractivity contribution in [2.75, 3.05) is 19.6 Å². The second kappa shape index (κ2) is 9.64. The predicted molar refractivity (Wildman–Crippen MR) is 105 cm³/mol.